The predicted octanol–water partition coefficient (Wildman–Crippen LogP) is 9.57. The monoisotopic (exact) mass is 447 g/mol. The molecule has 1 rings (SSSR count). The number of imidazole rings is 1. The number of aryl methyl sites for hydroxylation is 2. The van der Waals surface area contributed by atoms with Crippen molar-refractivity contribution in [2.75, 3.05) is 0 Å². The van der Waals surface area contributed by atoms with Crippen molar-refractivity contribution < 1.29 is 4.57 Å². The Balaban J connectivity index is 2.31. The highest BCUT2D eigenvalue weighted by atomic mass is 15.1. The van der Waals surface area contributed by atoms with Crippen molar-refractivity contribution in [2.24, 2.45) is 0 Å². The van der Waals surface area contributed by atoms with Gasteiger partial charge in [0.05, 0.1) is 13.1 Å². The summed E-state index contributed by atoms with van der Waals surface area (Å²) in [4.78, 5) is 0. The van der Waals surface area contributed by atoms with E-state index in [4.69, 9.17) is 0 Å². The number of nitrogens with zero attached hydrogens (tertiary/aromatic N) is 2. The molecule has 2 nitrogen and oxygen atoms in total. The molecular formula is C30H59N2+. The molecule has 0 unspecified atom stereocenters. The lowest BCUT2D eigenvalue weighted by molar-refractivity contribution is -0.704. The quantitative estimate of drug-likeness (QED) is 0.110. The second-order valence-electron chi connectivity index (χ2n) is 10.2. The van der Waals surface area contributed by atoms with Gasteiger partial charge >= 0.3 is 0 Å². The van der Waals surface area contributed by atoms with Crippen LogP contribution in [-0.4, -0.2) is 4.57 Å². The van der Waals surface area contributed by atoms with E-state index >= 15 is 0 Å². The van der Waals surface area contributed by atoms with Gasteiger partial charge in [-0.15, -0.1) is 0 Å². The van der Waals surface area contributed by atoms with E-state index in [9.17, 15) is 0 Å². The summed E-state index contributed by atoms with van der Waals surface area (Å²) in [5, 5.41) is 0. The van der Waals surface area contributed by atoms with E-state index in [1.165, 1.54) is 154 Å². The summed E-state index contributed by atoms with van der Waals surface area (Å²) in [6, 6.07) is 0. The molecule has 0 N–H and O–H groups in total. The lowest BCUT2D eigenvalue weighted by atomic mass is 10.1. The third-order valence-electron chi connectivity index (χ3n) is 7.10. The lowest BCUT2D eigenvalue weighted by Gasteiger charge is -2.07. The first-order valence-electron chi connectivity index (χ1n) is 14.9. The van der Waals surface area contributed by atoms with Crippen molar-refractivity contribution in [3.63, 3.8) is 0 Å². The zero-order valence-electron chi connectivity index (χ0n) is 22.5. The Morgan fingerprint density at radius 2 is 0.969 bits per heavy atom. The molecule has 0 atom stereocenters. The average molecular weight is 448 g/mol. The van der Waals surface area contributed by atoms with Gasteiger partial charge in [-0.05, 0) is 32.1 Å². The van der Waals surface area contributed by atoms with Crippen molar-refractivity contribution in [3.8, 4) is 0 Å². The molecule has 0 saturated carbocycles. The van der Waals surface area contributed by atoms with Gasteiger partial charge in [0.2, 0.25) is 0 Å². The van der Waals surface area contributed by atoms with Crippen LogP contribution >= 0.6 is 0 Å². The molecule has 0 aliphatic heterocycles. The Kier molecular flexibility index (Phi) is 20.1. The van der Waals surface area contributed by atoms with Crippen LogP contribution in [0, 0.1) is 0 Å². The highest BCUT2D eigenvalue weighted by Gasteiger charge is 2.16. The first kappa shape index (κ1) is 29.2. The zero-order chi connectivity index (χ0) is 23.1. The molecule has 0 radical (unpaired) electrons. The molecule has 188 valence electrons. The van der Waals surface area contributed by atoms with E-state index in [1.54, 1.807) is 5.82 Å². The SMILES string of the molecule is CCCCCCCCCCCCn1cc[n+](CCCCCCCCC)c1CCCCCC. The molecular weight excluding hydrogens is 388 g/mol. The Morgan fingerprint density at radius 3 is 1.50 bits per heavy atom. The Morgan fingerprint density at radius 1 is 0.531 bits per heavy atom. The highest BCUT2D eigenvalue weighted by molar-refractivity contribution is 4.84. The fourth-order valence-electron chi connectivity index (χ4n) is 4.91. The lowest BCUT2D eigenvalue weighted by Crippen LogP contribution is -2.37. The number of hydrogen-bond acceptors (Lipinski definition) is 0. The second-order valence-corrected chi connectivity index (χ2v) is 10.2. The van der Waals surface area contributed by atoms with Crippen LogP contribution in [0.5, 0.6) is 0 Å². The second kappa shape index (κ2) is 22.0. The van der Waals surface area contributed by atoms with Gasteiger partial charge in [0, 0.05) is 6.42 Å². The standard InChI is InChI=1S/C30H59N2/c1-4-7-10-13-15-16-17-19-21-24-27-32-29-28-31(30(32)25-22-12-9-6-3)26-23-20-18-14-11-8-5-2/h28-29H,4-27H2,1-3H3/q+1. The van der Waals surface area contributed by atoms with Crippen LogP contribution in [0.2, 0.25) is 0 Å². The van der Waals surface area contributed by atoms with Crippen LogP contribution in [0.1, 0.15) is 161 Å². The molecule has 0 aliphatic carbocycles. The molecule has 1 heterocycles. The van der Waals surface area contributed by atoms with Crippen LogP contribution in [0.3, 0.4) is 0 Å². The van der Waals surface area contributed by atoms with Crippen LogP contribution in [-0.2, 0) is 19.5 Å². The molecule has 1 aromatic rings. The minimum atomic E-state index is 1.22. The maximum Gasteiger partial charge on any atom is 0.256 e. The molecule has 0 aromatic carbocycles. The molecule has 0 spiro atoms. The van der Waals surface area contributed by atoms with Gasteiger partial charge < -0.3 is 0 Å². The van der Waals surface area contributed by atoms with Crippen molar-refractivity contribution in [3.05, 3.63) is 18.2 Å². The van der Waals surface area contributed by atoms with E-state index in [-0.39, 0.29) is 0 Å². The summed E-state index contributed by atoms with van der Waals surface area (Å²) in [5.74, 6) is 1.60. The predicted molar refractivity (Wildman–Crippen MR) is 142 cm³/mol. The van der Waals surface area contributed by atoms with Crippen molar-refractivity contribution in [1.29, 1.82) is 0 Å². The largest absolute Gasteiger partial charge is 0.256 e. The molecule has 1 aromatic heterocycles. The fourth-order valence-corrected chi connectivity index (χ4v) is 4.91. The van der Waals surface area contributed by atoms with Crippen LogP contribution < -0.4 is 4.57 Å². The van der Waals surface area contributed by atoms with E-state index in [2.05, 4.69) is 42.3 Å². The van der Waals surface area contributed by atoms with Crippen LogP contribution in [0.25, 0.3) is 0 Å². The van der Waals surface area contributed by atoms with Gasteiger partial charge in [-0.1, -0.05) is 124 Å². The number of rotatable bonds is 24. The number of aromatic nitrogens is 2. The average Bonchev–Trinajstić information content (AvgIpc) is 3.19. The van der Waals surface area contributed by atoms with E-state index in [0.717, 1.165) is 0 Å². The summed E-state index contributed by atoms with van der Waals surface area (Å²) in [5.41, 5.74) is 0. The van der Waals surface area contributed by atoms with Crippen molar-refractivity contribution in [2.45, 2.75) is 175 Å². The Labute approximate surface area is 202 Å². The molecule has 2 heteroatoms. The van der Waals surface area contributed by atoms with Gasteiger partial charge in [-0.25, -0.2) is 9.13 Å². The first-order chi connectivity index (χ1) is 15.8. The topological polar surface area (TPSA) is 8.81 Å². The molecule has 0 amide bonds. The molecule has 0 saturated heterocycles. The fraction of sp³-hybridized carbons (Fsp3) is 0.900. The zero-order valence-corrected chi connectivity index (χ0v) is 22.5. The molecule has 0 aliphatic rings. The van der Waals surface area contributed by atoms with Gasteiger partial charge in [0.25, 0.3) is 5.82 Å². The number of unbranched alkanes of at least 4 members (excludes halogenated alkanes) is 18. The van der Waals surface area contributed by atoms with E-state index in [1.807, 2.05) is 0 Å². The van der Waals surface area contributed by atoms with Crippen LogP contribution in [0.15, 0.2) is 12.4 Å². The van der Waals surface area contributed by atoms with Crippen molar-refractivity contribution >= 4 is 0 Å². The summed E-state index contributed by atoms with van der Waals surface area (Å²) >= 11 is 0. The van der Waals surface area contributed by atoms with Crippen molar-refractivity contribution in [1.82, 2.24) is 4.57 Å². The van der Waals surface area contributed by atoms with Gasteiger partial charge in [-0.2, -0.15) is 0 Å². The Hall–Kier alpha value is -0.790. The molecule has 0 fully saturated rings. The maximum atomic E-state index is 2.60. The van der Waals surface area contributed by atoms with E-state index < -0.39 is 0 Å². The van der Waals surface area contributed by atoms with Gasteiger partial charge in [0.15, 0.2) is 0 Å². The first-order valence-corrected chi connectivity index (χ1v) is 14.9. The summed E-state index contributed by atoms with van der Waals surface area (Å²) in [6.07, 6.45) is 35.5. The number of hydrogen-bond donors (Lipinski definition) is 0. The van der Waals surface area contributed by atoms with Gasteiger partial charge in [0.1, 0.15) is 12.4 Å². The Bertz CT molecular complexity index is 505. The molecule has 32 heavy (non-hydrogen) atoms. The normalized spacial score (nSPS) is 11.5. The summed E-state index contributed by atoms with van der Waals surface area (Å²) in [6.45, 7) is 9.37. The molecule has 0 bridgehead atoms. The highest BCUT2D eigenvalue weighted by Crippen LogP contribution is 2.13. The van der Waals surface area contributed by atoms with E-state index in [0.29, 0.717) is 0 Å². The van der Waals surface area contributed by atoms with Gasteiger partial charge in [-0.3, -0.25) is 0 Å². The summed E-state index contributed by atoms with van der Waals surface area (Å²) < 4.78 is 5.19. The smallest absolute Gasteiger partial charge is 0.234 e. The minimum absolute atomic E-state index is 1.22. The minimum Gasteiger partial charge on any atom is -0.234 e. The third kappa shape index (κ3) is 15.1. The third-order valence-corrected chi connectivity index (χ3v) is 7.10. The summed E-state index contributed by atoms with van der Waals surface area (Å²) in [7, 11) is 0. The van der Waals surface area contributed by atoms with Crippen LogP contribution in [0.4, 0.5) is 0 Å². The maximum absolute atomic E-state index is 2.60.